The molecule has 3 heteroatoms. The van der Waals surface area contributed by atoms with Gasteiger partial charge < -0.3 is 13.9 Å². The second-order valence-electron chi connectivity index (χ2n) is 15.7. The largest absolute Gasteiger partial charge is 0.456 e. The monoisotopic (exact) mass is 778 g/mol. The van der Waals surface area contributed by atoms with E-state index < -0.39 is 0 Å². The van der Waals surface area contributed by atoms with Crippen LogP contribution in [0.1, 0.15) is 0 Å². The second kappa shape index (κ2) is 14.3. The van der Waals surface area contributed by atoms with E-state index in [0.29, 0.717) is 0 Å². The molecule has 0 amide bonds. The number of benzene rings is 10. The van der Waals surface area contributed by atoms with Gasteiger partial charge in [0.05, 0.1) is 11.0 Å². The third-order valence-corrected chi connectivity index (χ3v) is 12.2. The van der Waals surface area contributed by atoms with Crippen molar-refractivity contribution >= 4 is 71.6 Å². The van der Waals surface area contributed by atoms with E-state index in [1.807, 2.05) is 12.1 Å². The Hall–Kier alpha value is -8.14. The first-order valence-corrected chi connectivity index (χ1v) is 20.8. The molecule has 12 aromatic rings. The summed E-state index contributed by atoms with van der Waals surface area (Å²) < 4.78 is 8.51. The number of rotatable bonds is 7. The van der Waals surface area contributed by atoms with Crippen molar-refractivity contribution in [2.24, 2.45) is 0 Å². The van der Waals surface area contributed by atoms with Crippen LogP contribution in [-0.2, 0) is 0 Å². The first-order chi connectivity index (χ1) is 30.2. The van der Waals surface area contributed by atoms with E-state index in [0.717, 1.165) is 61.4 Å². The molecule has 0 aliphatic carbocycles. The summed E-state index contributed by atoms with van der Waals surface area (Å²) in [5.74, 6) is 0. The Morgan fingerprint density at radius 3 is 1.48 bits per heavy atom. The fourth-order valence-corrected chi connectivity index (χ4v) is 9.25. The molecule has 0 N–H and O–H groups in total. The van der Waals surface area contributed by atoms with Crippen molar-refractivity contribution in [3.8, 4) is 39.1 Å². The molecule has 3 nitrogen and oxygen atoms in total. The van der Waals surface area contributed by atoms with E-state index in [2.05, 4.69) is 228 Å². The lowest BCUT2D eigenvalue weighted by Gasteiger charge is -2.26. The minimum absolute atomic E-state index is 0.904. The fourth-order valence-electron chi connectivity index (χ4n) is 9.25. The van der Waals surface area contributed by atoms with Gasteiger partial charge in [0.1, 0.15) is 11.2 Å². The summed E-state index contributed by atoms with van der Waals surface area (Å²) in [6, 6.07) is 83.0. The molecule has 286 valence electrons. The molecule has 2 aromatic heterocycles. The minimum Gasteiger partial charge on any atom is -0.456 e. The number of para-hydroxylation sites is 3. The van der Waals surface area contributed by atoms with Gasteiger partial charge in [-0.3, -0.25) is 0 Å². The first-order valence-electron chi connectivity index (χ1n) is 20.8. The topological polar surface area (TPSA) is 21.3 Å². The van der Waals surface area contributed by atoms with Gasteiger partial charge in [-0.15, -0.1) is 0 Å². The van der Waals surface area contributed by atoms with Crippen molar-refractivity contribution in [3.63, 3.8) is 0 Å². The van der Waals surface area contributed by atoms with Crippen LogP contribution in [0.3, 0.4) is 0 Å². The van der Waals surface area contributed by atoms with Crippen LogP contribution in [0.5, 0.6) is 0 Å². The number of hydrogen-bond donors (Lipinski definition) is 0. The Kier molecular flexibility index (Phi) is 8.17. The van der Waals surface area contributed by atoms with Crippen LogP contribution in [0.2, 0.25) is 0 Å². The zero-order valence-electron chi connectivity index (χ0n) is 33.2. The van der Waals surface area contributed by atoms with E-state index in [4.69, 9.17) is 4.42 Å². The standard InChI is InChI=1S/C58H38N2O/c1-2-15-49-41(11-1)12-10-19-50(49)42-27-34-47(35-28-42)59(46-32-25-40(26-33-46)44-29-36-58-54(38-44)53-18-5-8-22-57(53)61-58)45-30-23-39(24-31-45)43-13-9-14-48(37-43)60-55-20-6-3-16-51(55)52-17-4-7-21-56(52)60/h1-38H. The highest BCUT2D eigenvalue weighted by Gasteiger charge is 2.16. The molecule has 2 heterocycles. The summed E-state index contributed by atoms with van der Waals surface area (Å²) in [7, 11) is 0. The zero-order chi connectivity index (χ0) is 40.3. The Morgan fingerprint density at radius 2 is 0.803 bits per heavy atom. The molecule has 0 spiro atoms. The average Bonchev–Trinajstić information content (AvgIpc) is 3.88. The molecule has 61 heavy (non-hydrogen) atoms. The van der Waals surface area contributed by atoms with Crippen molar-refractivity contribution in [3.05, 3.63) is 231 Å². The number of hydrogen-bond acceptors (Lipinski definition) is 2. The number of anilines is 3. The van der Waals surface area contributed by atoms with E-state index in [9.17, 15) is 0 Å². The number of fused-ring (bicyclic) bond motifs is 7. The summed E-state index contributed by atoms with van der Waals surface area (Å²) in [4.78, 5) is 2.35. The summed E-state index contributed by atoms with van der Waals surface area (Å²) >= 11 is 0. The van der Waals surface area contributed by atoms with Gasteiger partial charge in [-0.1, -0.05) is 152 Å². The molecule has 0 fully saturated rings. The molecule has 0 aliphatic rings. The lowest BCUT2D eigenvalue weighted by atomic mass is 9.98. The molecule has 0 bridgehead atoms. The lowest BCUT2D eigenvalue weighted by molar-refractivity contribution is 0.669. The van der Waals surface area contributed by atoms with Gasteiger partial charge in [-0.05, 0) is 123 Å². The van der Waals surface area contributed by atoms with Crippen LogP contribution in [0.25, 0.3) is 93.6 Å². The molecule has 12 rings (SSSR count). The van der Waals surface area contributed by atoms with Gasteiger partial charge in [0.25, 0.3) is 0 Å². The summed E-state index contributed by atoms with van der Waals surface area (Å²) in [5, 5.41) is 7.29. The van der Waals surface area contributed by atoms with Crippen LogP contribution >= 0.6 is 0 Å². The third kappa shape index (κ3) is 5.98. The molecule has 0 atom stereocenters. The van der Waals surface area contributed by atoms with Gasteiger partial charge in [0, 0.05) is 44.3 Å². The zero-order valence-corrected chi connectivity index (χ0v) is 33.2. The van der Waals surface area contributed by atoms with Crippen molar-refractivity contribution in [1.29, 1.82) is 0 Å². The Balaban J connectivity index is 0.924. The molecular weight excluding hydrogens is 741 g/mol. The Labute approximate surface area is 353 Å². The lowest BCUT2D eigenvalue weighted by Crippen LogP contribution is -2.09. The van der Waals surface area contributed by atoms with Crippen LogP contribution in [-0.4, -0.2) is 4.57 Å². The maximum atomic E-state index is 6.13. The van der Waals surface area contributed by atoms with Crippen LogP contribution < -0.4 is 4.90 Å². The Bertz CT molecular complexity index is 3520. The van der Waals surface area contributed by atoms with Crippen LogP contribution in [0.15, 0.2) is 235 Å². The third-order valence-electron chi connectivity index (χ3n) is 12.2. The van der Waals surface area contributed by atoms with Gasteiger partial charge in [-0.2, -0.15) is 0 Å². The maximum absolute atomic E-state index is 6.13. The van der Waals surface area contributed by atoms with Gasteiger partial charge >= 0.3 is 0 Å². The van der Waals surface area contributed by atoms with Crippen molar-refractivity contribution < 1.29 is 4.42 Å². The number of furan rings is 1. The van der Waals surface area contributed by atoms with E-state index in [-0.39, 0.29) is 0 Å². The summed E-state index contributed by atoms with van der Waals surface area (Å²) in [5.41, 5.74) is 15.7. The highest BCUT2D eigenvalue weighted by atomic mass is 16.3. The smallest absolute Gasteiger partial charge is 0.135 e. The first kappa shape index (κ1) is 34.9. The highest BCUT2D eigenvalue weighted by molar-refractivity contribution is 6.09. The quantitative estimate of drug-likeness (QED) is 0.161. The van der Waals surface area contributed by atoms with Crippen LogP contribution in [0, 0.1) is 0 Å². The van der Waals surface area contributed by atoms with Gasteiger partial charge in [-0.25, -0.2) is 0 Å². The molecular formula is C58H38N2O. The predicted molar refractivity (Wildman–Crippen MR) is 257 cm³/mol. The van der Waals surface area contributed by atoms with Crippen molar-refractivity contribution in [1.82, 2.24) is 4.57 Å². The molecule has 0 saturated carbocycles. The van der Waals surface area contributed by atoms with Gasteiger partial charge in [0.15, 0.2) is 0 Å². The van der Waals surface area contributed by atoms with Crippen LogP contribution in [0.4, 0.5) is 17.1 Å². The summed E-state index contributed by atoms with van der Waals surface area (Å²) in [6.45, 7) is 0. The van der Waals surface area contributed by atoms with Crippen molar-refractivity contribution in [2.45, 2.75) is 0 Å². The molecule has 0 radical (unpaired) electrons. The normalized spacial score (nSPS) is 11.6. The maximum Gasteiger partial charge on any atom is 0.135 e. The Morgan fingerprint density at radius 1 is 0.311 bits per heavy atom. The highest BCUT2D eigenvalue weighted by Crippen LogP contribution is 2.40. The number of nitrogens with zero attached hydrogens (tertiary/aromatic N) is 2. The van der Waals surface area contributed by atoms with E-state index in [1.54, 1.807) is 0 Å². The van der Waals surface area contributed by atoms with Gasteiger partial charge in [0.2, 0.25) is 0 Å². The fraction of sp³-hybridized carbons (Fsp3) is 0. The molecule has 0 aliphatic heterocycles. The van der Waals surface area contributed by atoms with E-state index in [1.165, 1.54) is 49.3 Å². The molecule has 10 aromatic carbocycles. The molecule has 0 unspecified atom stereocenters. The summed E-state index contributed by atoms with van der Waals surface area (Å²) in [6.07, 6.45) is 0. The predicted octanol–water partition coefficient (Wildman–Crippen LogP) is 16.3. The van der Waals surface area contributed by atoms with Crippen molar-refractivity contribution in [2.75, 3.05) is 4.90 Å². The SMILES string of the molecule is c1cc(-c2ccc(N(c3ccc(-c4ccc5oc6ccccc6c5c4)cc3)c3ccc(-c4cccc5ccccc45)cc3)cc2)cc(-n2c3ccccc3c3ccccc32)c1. The molecule has 0 saturated heterocycles. The van der Waals surface area contributed by atoms with E-state index >= 15 is 0 Å². The minimum atomic E-state index is 0.904. The average molecular weight is 779 g/mol. The number of aromatic nitrogens is 1. The second-order valence-corrected chi connectivity index (χ2v) is 15.7.